The Labute approximate surface area is 170 Å². The summed E-state index contributed by atoms with van der Waals surface area (Å²) >= 11 is 0. The summed E-state index contributed by atoms with van der Waals surface area (Å²) in [6.07, 6.45) is 1.05. The first-order chi connectivity index (χ1) is 13.5. The molecule has 0 aliphatic carbocycles. The van der Waals surface area contributed by atoms with E-state index >= 15 is 0 Å². The molecule has 1 heterocycles. The van der Waals surface area contributed by atoms with E-state index in [2.05, 4.69) is 53.4 Å². The monoisotopic (exact) mass is 390 g/mol. The molecule has 1 aromatic carbocycles. The van der Waals surface area contributed by atoms with E-state index in [4.69, 9.17) is 9.47 Å². The van der Waals surface area contributed by atoms with Gasteiger partial charge in [0.25, 0.3) is 0 Å². The maximum Gasteiger partial charge on any atom is 0.191 e. The number of methoxy groups -OCH3 is 1. The lowest BCUT2D eigenvalue weighted by atomic mass is 9.98. The molecule has 0 saturated carbocycles. The van der Waals surface area contributed by atoms with Gasteiger partial charge >= 0.3 is 0 Å². The molecule has 1 aliphatic rings. The quantitative estimate of drug-likeness (QED) is 0.502. The average molecular weight is 391 g/mol. The van der Waals surface area contributed by atoms with Crippen molar-refractivity contribution in [1.82, 2.24) is 15.5 Å². The lowest BCUT2D eigenvalue weighted by Gasteiger charge is -2.37. The lowest BCUT2D eigenvalue weighted by Crippen LogP contribution is -2.52. The summed E-state index contributed by atoms with van der Waals surface area (Å²) in [5.74, 6) is 2.84. The molecule has 28 heavy (non-hydrogen) atoms. The Morgan fingerprint density at radius 1 is 1.14 bits per heavy atom. The molecule has 2 unspecified atom stereocenters. The average Bonchev–Trinajstić information content (AvgIpc) is 2.73. The summed E-state index contributed by atoms with van der Waals surface area (Å²) in [6, 6.07) is 8.83. The first-order valence-corrected chi connectivity index (χ1v) is 10.5. The fraction of sp³-hybridized carbons (Fsp3) is 0.682. The number of nitrogens with one attached hydrogen (secondary N) is 2. The van der Waals surface area contributed by atoms with Crippen LogP contribution >= 0.6 is 0 Å². The number of hydrogen-bond donors (Lipinski definition) is 2. The molecule has 2 rings (SSSR count). The first kappa shape index (κ1) is 22.5. The molecule has 1 aliphatic heterocycles. The third-order valence-corrected chi connectivity index (χ3v) is 5.54. The molecular formula is C22H38N4O2. The molecule has 0 spiro atoms. The Kier molecular flexibility index (Phi) is 9.58. The van der Waals surface area contributed by atoms with Gasteiger partial charge in [-0.3, -0.25) is 9.89 Å². The predicted octanol–water partition coefficient (Wildman–Crippen LogP) is 2.71. The SMILES string of the molecule is CN=C(NCCC(C)c1ccc(OC)cc1)NCC(C(C)C)N1CCOCC1. The molecule has 1 aromatic rings. The van der Waals surface area contributed by atoms with Gasteiger partial charge in [0, 0.05) is 39.3 Å². The van der Waals surface area contributed by atoms with Crippen molar-refractivity contribution < 1.29 is 9.47 Å². The number of guanidine groups is 1. The maximum atomic E-state index is 5.50. The van der Waals surface area contributed by atoms with Gasteiger partial charge in [-0.05, 0) is 36.0 Å². The summed E-state index contributed by atoms with van der Waals surface area (Å²) in [5.41, 5.74) is 1.33. The standard InChI is InChI=1S/C22H38N4O2/c1-17(2)21(26-12-14-28-15-13-26)16-25-22(23-4)24-11-10-18(3)19-6-8-20(27-5)9-7-19/h6-9,17-18,21H,10-16H2,1-5H3,(H2,23,24,25). The van der Waals surface area contributed by atoms with Crippen LogP contribution in [0.5, 0.6) is 5.75 Å². The molecule has 0 radical (unpaired) electrons. The first-order valence-electron chi connectivity index (χ1n) is 10.5. The second-order valence-electron chi connectivity index (χ2n) is 7.80. The predicted molar refractivity (Wildman–Crippen MR) is 116 cm³/mol. The van der Waals surface area contributed by atoms with E-state index in [0.717, 1.165) is 57.5 Å². The van der Waals surface area contributed by atoms with Gasteiger partial charge in [-0.25, -0.2) is 0 Å². The molecule has 6 heteroatoms. The summed E-state index contributed by atoms with van der Waals surface area (Å²) < 4.78 is 10.7. The highest BCUT2D eigenvalue weighted by Crippen LogP contribution is 2.21. The topological polar surface area (TPSA) is 58.1 Å². The van der Waals surface area contributed by atoms with Crippen LogP contribution in [0.25, 0.3) is 0 Å². The van der Waals surface area contributed by atoms with Crippen LogP contribution in [0.3, 0.4) is 0 Å². The third kappa shape index (κ3) is 6.99. The fourth-order valence-corrected chi connectivity index (χ4v) is 3.62. The van der Waals surface area contributed by atoms with E-state index in [1.54, 1.807) is 7.11 Å². The number of benzene rings is 1. The Balaban J connectivity index is 1.76. The van der Waals surface area contributed by atoms with Gasteiger partial charge < -0.3 is 20.1 Å². The van der Waals surface area contributed by atoms with Crippen molar-refractivity contribution in [3.8, 4) is 5.75 Å². The molecule has 2 atom stereocenters. The highest BCUT2D eigenvalue weighted by molar-refractivity contribution is 5.79. The van der Waals surface area contributed by atoms with Gasteiger partial charge in [0.15, 0.2) is 5.96 Å². The minimum absolute atomic E-state index is 0.480. The van der Waals surface area contributed by atoms with Crippen molar-refractivity contribution >= 4 is 5.96 Å². The van der Waals surface area contributed by atoms with E-state index < -0.39 is 0 Å². The van der Waals surface area contributed by atoms with Gasteiger partial charge in [-0.1, -0.05) is 32.9 Å². The molecule has 1 saturated heterocycles. The number of rotatable bonds is 9. The highest BCUT2D eigenvalue weighted by Gasteiger charge is 2.23. The summed E-state index contributed by atoms with van der Waals surface area (Å²) in [7, 11) is 3.53. The second-order valence-corrected chi connectivity index (χ2v) is 7.80. The van der Waals surface area contributed by atoms with Crippen LogP contribution in [0.2, 0.25) is 0 Å². The second kappa shape index (κ2) is 11.9. The van der Waals surface area contributed by atoms with Crippen molar-refractivity contribution in [3.05, 3.63) is 29.8 Å². The normalized spacial score (nSPS) is 18.0. The van der Waals surface area contributed by atoms with Crippen molar-refractivity contribution in [3.63, 3.8) is 0 Å². The minimum Gasteiger partial charge on any atom is -0.497 e. The number of aliphatic imine (C=N–C) groups is 1. The molecule has 1 fully saturated rings. The van der Waals surface area contributed by atoms with Crippen LogP contribution in [-0.2, 0) is 4.74 Å². The Bertz CT molecular complexity index is 583. The van der Waals surface area contributed by atoms with Crippen LogP contribution in [-0.4, -0.2) is 70.5 Å². The molecule has 6 nitrogen and oxygen atoms in total. The van der Waals surface area contributed by atoms with Gasteiger partial charge in [-0.15, -0.1) is 0 Å². The van der Waals surface area contributed by atoms with Crippen LogP contribution in [0.15, 0.2) is 29.3 Å². The molecular weight excluding hydrogens is 352 g/mol. The van der Waals surface area contributed by atoms with Crippen molar-refractivity contribution in [2.24, 2.45) is 10.9 Å². The largest absolute Gasteiger partial charge is 0.497 e. The number of ether oxygens (including phenoxy) is 2. The van der Waals surface area contributed by atoms with E-state index in [-0.39, 0.29) is 0 Å². The fourth-order valence-electron chi connectivity index (χ4n) is 3.62. The zero-order chi connectivity index (χ0) is 20.4. The minimum atomic E-state index is 0.480. The van der Waals surface area contributed by atoms with Crippen LogP contribution in [0, 0.1) is 5.92 Å². The molecule has 158 valence electrons. The van der Waals surface area contributed by atoms with Gasteiger partial charge in [0.1, 0.15) is 5.75 Å². The number of nitrogens with zero attached hydrogens (tertiary/aromatic N) is 2. The van der Waals surface area contributed by atoms with E-state index in [0.29, 0.717) is 17.9 Å². The van der Waals surface area contributed by atoms with E-state index in [1.165, 1.54) is 5.56 Å². The number of morpholine rings is 1. The van der Waals surface area contributed by atoms with Gasteiger partial charge in [0.2, 0.25) is 0 Å². The highest BCUT2D eigenvalue weighted by atomic mass is 16.5. The van der Waals surface area contributed by atoms with Gasteiger partial charge in [-0.2, -0.15) is 0 Å². The Morgan fingerprint density at radius 2 is 1.82 bits per heavy atom. The molecule has 0 bridgehead atoms. The summed E-state index contributed by atoms with van der Waals surface area (Å²) in [4.78, 5) is 6.92. The lowest BCUT2D eigenvalue weighted by molar-refractivity contribution is 0.00752. The summed E-state index contributed by atoms with van der Waals surface area (Å²) in [5, 5.41) is 6.98. The molecule has 2 N–H and O–H groups in total. The molecule has 0 aromatic heterocycles. The zero-order valence-electron chi connectivity index (χ0n) is 18.2. The van der Waals surface area contributed by atoms with Crippen molar-refractivity contribution in [2.45, 2.75) is 39.2 Å². The molecule has 0 amide bonds. The van der Waals surface area contributed by atoms with Crippen LogP contribution < -0.4 is 15.4 Å². The smallest absolute Gasteiger partial charge is 0.191 e. The number of hydrogen-bond acceptors (Lipinski definition) is 4. The van der Waals surface area contributed by atoms with Crippen molar-refractivity contribution in [1.29, 1.82) is 0 Å². The van der Waals surface area contributed by atoms with Gasteiger partial charge in [0.05, 0.1) is 20.3 Å². The van der Waals surface area contributed by atoms with Crippen LogP contribution in [0.1, 0.15) is 38.7 Å². The Hall–Kier alpha value is -1.79. The zero-order valence-corrected chi connectivity index (χ0v) is 18.2. The van der Waals surface area contributed by atoms with E-state index in [9.17, 15) is 0 Å². The van der Waals surface area contributed by atoms with Crippen molar-refractivity contribution in [2.75, 3.05) is 53.6 Å². The summed E-state index contributed by atoms with van der Waals surface area (Å²) in [6.45, 7) is 12.3. The maximum absolute atomic E-state index is 5.50. The van der Waals surface area contributed by atoms with E-state index in [1.807, 2.05) is 19.2 Å². The Morgan fingerprint density at radius 3 is 2.39 bits per heavy atom. The van der Waals surface area contributed by atoms with Crippen LogP contribution in [0.4, 0.5) is 0 Å². The third-order valence-electron chi connectivity index (χ3n) is 5.54.